The highest BCUT2D eigenvalue weighted by molar-refractivity contribution is 7.09. The monoisotopic (exact) mass is 232 g/mol. The van der Waals surface area contributed by atoms with E-state index in [4.69, 9.17) is 11.6 Å². The second-order valence-corrected chi connectivity index (χ2v) is 4.71. The second kappa shape index (κ2) is 6.38. The molecule has 0 fully saturated rings. The van der Waals surface area contributed by atoms with Crippen LogP contribution in [0.2, 0.25) is 0 Å². The first-order valence-electron chi connectivity index (χ1n) is 4.95. The molecule has 0 aliphatic rings. The van der Waals surface area contributed by atoms with Gasteiger partial charge in [0.25, 0.3) is 0 Å². The Balaban J connectivity index is 2.40. The van der Waals surface area contributed by atoms with E-state index >= 15 is 0 Å². The molecule has 1 aromatic rings. The number of nitrogens with zero attached hydrogens (tertiary/aromatic N) is 2. The Kier molecular flexibility index (Phi) is 5.45. The zero-order valence-electron chi connectivity index (χ0n) is 8.79. The maximum absolute atomic E-state index is 5.67. The molecule has 0 bridgehead atoms. The minimum atomic E-state index is 0.743. The van der Waals surface area contributed by atoms with Gasteiger partial charge in [0, 0.05) is 17.8 Å². The summed E-state index contributed by atoms with van der Waals surface area (Å²) in [6, 6.07) is 0. The molecule has 1 heterocycles. The molecule has 0 saturated heterocycles. The normalized spacial score (nSPS) is 11.1. The van der Waals surface area contributed by atoms with Gasteiger partial charge in [-0.25, -0.2) is 4.98 Å². The Morgan fingerprint density at radius 2 is 2.36 bits per heavy atom. The lowest BCUT2D eigenvalue weighted by Gasteiger charge is -2.18. The first-order valence-corrected chi connectivity index (χ1v) is 6.37. The molecule has 0 N–H and O–H groups in total. The molecule has 0 aromatic carbocycles. The lowest BCUT2D eigenvalue weighted by atomic mass is 10.3. The Labute approximate surface area is 94.9 Å². The molecule has 0 aliphatic carbocycles. The average molecular weight is 233 g/mol. The summed E-state index contributed by atoms with van der Waals surface area (Å²) in [5, 5.41) is 3.28. The molecule has 0 unspecified atom stereocenters. The third kappa shape index (κ3) is 3.95. The number of hydrogen-bond donors (Lipinski definition) is 0. The van der Waals surface area contributed by atoms with Crippen molar-refractivity contribution in [3.05, 3.63) is 16.1 Å². The third-order valence-corrected chi connectivity index (χ3v) is 3.20. The van der Waals surface area contributed by atoms with E-state index in [2.05, 4.69) is 22.2 Å². The van der Waals surface area contributed by atoms with Gasteiger partial charge in [-0.2, -0.15) is 0 Å². The lowest BCUT2D eigenvalue weighted by Crippen LogP contribution is -2.24. The van der Waals surface area contributed by atoms with Crippen LogP contribution in [0.5, 0.6) is 0 Å². The number of halogens is 1. The fraction of sp³-hybridized carbons (Fsp3) is 0.700. The molecule has 14 heavy (non-hydrogen) atoms. The van der Waals surface area contributed by atoms with Crippen LogP contribution >= 0.6 is 22.9 Å². The molecular formula is C10H17ClN2S. The van der Waals surface area contributed by atoms with Gasteiger partial charge < -0.3 is 0 Å². The molecule has 2 nitrogen and oxygen atoms in total. The maximum Gasteiger partial charge on any atom is 0.0897 e. The van der Waals surface area contributed by atoms with Crippen LogP contribution < -0.4 is 0 Å². The van der Waals surface area contributed by atoms with E-state index in [-0.39, 0.29) is 0 Å². The highest BCUT2D eigenvalue weighted by atomic mass is 35.5. The number of alkyl halides is 1. The van der Waals surface area contributed by atoms with E-state index in [1.54, 1.807) is 11.3 Å². The fourth-order valence-corrected chi connectivity index (χ4v) is 2.07. The first-order chi connectivity index (χ1) is 6.76. The van der Waals surface area contributed by atoms with E-state index in [1.165, 1.54) is 5.69 Å². The number of rotatable bonds is 6. The van der Waals surface area contributed by atoms with Crippen LogP contribution in [0.3, 0.4) is 0 Å². The number of aryl methyl sites for hydroxylation is 1. The van der Waals surface area contributed by atoms with Crippen molar-refractivity contribution in [1.82, 2.24) is 9.88 Å². The SMILES string of the molecule is CCN(CCCCl)Cc1csc(C)n1. The van der Waals surface area contributed by atoms with Gasteiger partial charge in [0.1, 0.15) is 0 Å². The van der Waals surface area contributed by atoms with Crippen LogP contribution in [0.25, 0.3) is 0 Å². The highest BCUT2D eigenvalue weighted by Crippen LogP contribution is 2.10. The van der Waals surface area contributed by atoms with Crippen molar-refractivity contribution < 1.29 is 0 Å². The zero-order chi connectivity index (χ0) is 10.4. The van der Waals surface area contributed by atoms with Crippen molar-refractivity contribution in [2.75, 3.05) is 19.0 Å². The van der Waals surface area contributed by atoms with Crippen molar-refractivity contribution in [3.8, 4) is 0 Å². The van der Waals surface area contributed by atoms with E-state index < -0.39 is 0 Å². The molecule has 0 saturated carbocycles. The molecule has 0 radical (unpaired) electrons. The smallest absolute Gasteiger partial charge is 0.0897 e. The van der Waals surface area contributed by atoms with Gasteiger partial charge in [-0.3, -0.25) is 4.90 Å². The van der Waals surface area contributed by atoms with Crippen LogP contribution in [0.4, 0.5) is 0 Å². The number of thiazole rings is 1. The zero-order valence-corrected chi connectivity index (χ0v) is 10.4. The Bertz CT molecular complexity index is 262. The van der Waals surface area contributed by atoms with Crippen LogP contribution in [0.15, 0.2) is 5.38 Å². The average Bonchev–Trinajstić information content (AvgIpc) is 2.58. The quantitative estimate of drug-likeness (QED) is 0.702. The maximum atomic E-state index is 5.67. The van der Waals surface area contributed by atoms with E-state index in [9.17, 15) is 0 Å². The standard InChI is InChI=1S/C10H17ClN2S/c1-3-13(6-4-5-11)7-10-8-14-9(2)12-10/h8H,3-7H2,1-2H3. The number of aromatic nitrogens is 1. The van der Waals surface area contributed by atoms with Crippen molar-refractivity contribution >= 4 is 22.9 Å². The van der Waals surface area contributed by atoms with Crippen molar-refractivity contribution in [3.63, 3.8) is 0 Å². The minimum absolute atomic E-state index is 0.743. The summed E-state index contributed by atoms with van der Waals surface area (Å²) in [4.78, 5) is 6.82. The summed E-state index contributed by atoms with van der Waals surface area (Å²) < 4.78 is 0. The molecule has 1 aromatic heterocycles. The van der Waals surface area contributed by atoms with Crippen LogP contribution in [0.1, 0.15) is 24.0 Å². The van der Waals surface area contributed by atoms with Gasteiger partial charge in [0.05, 0.1) is 10.7 Å². The van der Waals surface area contributed by atoms with E-state index in [1.807, 2.05) is 6.92 Å². The molecule has 80 valence electrons. The molecule has 1 rings (SSSR count). The van der Waals surface area contributed by atoms with Gasteiger partial charge in [0.15, 0.2) is 0 Å². The number of hydrogen-bond acceptors (Lipinski definition) is 3. The summed E-state index contributed by atoms with van der Waals surface area (Å²) in [6.45, 7) is 7.30. The second-order valence-electron chi connectivity index (χ2n) is 3.27. The molecule has 0 atom stereocenters. The topological polar surface area (TPSA) is 16.1 Å². The fourth-order valence-electron chi connectivity index (χ4n) is 1.34. The third-order valence-electron chi connectivity index (χ3n) is 2.11. The van der Waals surface area contributed by atoms with Crippen LogP contribution in [-0.4, -0.2) is 28.9 Å². The van der Waals surface area contributed by atoms with Crippen molar-refractivity contribution in [2.24, 2.45) is 0 Å². The molecule has 0 aliphatic heterocycles. The van der Waals surface area contributed by atoms with E-state index in [0.717, 1.165) is 36.9 Å². The predicted octanol–water partition coefficient (Wildman–Crippen LogP) is 2.90. The Hall–Kier alpha value is -0.120. The van der Waals surface area contributed by atoms with Gasteiger partial charge >= 0.3 is 0 Å². The van der Waals surface area contributed by atoms with E-state index in [0.29, 0.717) is 0 Å². The summed E-state index contributed by atoms with van der Waals surface area (Å²) in [6.07, 6.45) is 1.05. The van der Waals surface area contributed by atoms with Crippen LogP contribution in [0, 0.1) is 6.92 Å². The predicted molar refractivity (Wildman–Crippen MR) is 63.1 cm³/mol. The van der Waals surface area contributed by atoms with Crippen molar-refractivity contribution in [2.45, 2.75) is 26.8 Å². The molecule has 0 amide bonds. The van der Waals surface area contributed by atoms with Gasteiger partial charge in [-0.1, -0.05) is 6.92 Å². The Morgan fingerprint density at radius 3 is 2.86 bits per heavy atom. The van der Waals surface area contributed by atoms with Crippen molar-refractivity contribution in [1.29, 1.82) is 0 Å². The molecular weight excluding hydrogens is 216 g/mol. The molecule has 0 spiro atoms. The largest absolute Gasteiger partial charge is 0.298 e. The summed E-state index contributed by atoms with van der Waals surface area (Å²) in [5.41, 5.74) is 1.18. The van der Waals surface area contributed by atoms with Crippen LogP contribution in [-0.2, 0) is 6.54 Å². The lowest BCUT2D eigenvalue weighted by molar-refractivity contribution is 0.278. The first kappa shape index (κ1) is 12.0. The van der Waals surface area contributed by atoms with Gasteiger partial charge in [-0.15, -0.1) is 22.9 Å². The van der Waals surface area contributed by atoms with Gasteiger partial charge in [0.2, 0.25) is 0 Å². The van der Waals surface area contributed by atoms with Gasteiger partial charge in [-0.05, 0) is 26.4 Å². The minimum Gasteiger partial charge on any atom is -0.298 e. The summed E-state index contributed by atoms with van der Waals surface area (Å²) in [5.74, 6) is 0.743. The highest BCUT2D eigenvalue weighted by Gasteiger charge is 2.05. The summed E-state index contributed by atoms with van der Waals surface area (Å²) >= 11 is 7.39. The molecule has 4 heteroatoms. The summed E-state index contributed by atoms with van der Waals surface area (Å²) in [7, 11) is 0. The Morgan fingerprint density at radius 1 is 1.57 bits per heavy atom.